The summed E-state index contributed by atoms with van der Waals surface area (Å²) in [6.07, 6.45) is 2.92. The second kappa shape index (κ2) is 4.29. The lowest BCUT2D eigenvalue weighted by Gasteiger charge is -2.26. The first-order valence-corrected chi connectivity index (χ1v) is 4.98. The van der Waals surface area contributed by atoms with Crippen molar-refractivity contribution in [1.29, 1.82) is 0 Å². The summed E-state index contributed by atoms with van der Waals surface area (Å²) in [6, 6.07) is 8.62. The fourth-order valence-electron chi connectivity index (χ4n) is 1.78. The molecular formula is C12H15NO. The molecule has 1 heterocycles. The number of hydrogen-bond donors (Lipinski definition) is 1. The van der Waals surface area contributed by atoms with Crippen LogP contribution in [0.2, 0.25) is 0 Å². The van der Waals surface area contributed by atoms with Gasteiger partial charge in [0.1, 0.15) is 5.75 Å². The van der Waals surface area contributed by atoms with Gasteiger partial charge in [-0.25, -0.2) is 0 Å². The van der Waals surface area contributed by atoms with Gasteiger partial charge in [-0.05, 0) is 6.07 Å². The molecule has 1 aromatic rings. The Bertz CT molecular complexity index is 322. The summed E-state index contributed by atoms with van der Waals surface area (Å²) >= 11 is 0. The minimum absolute atomic E-state index is 0.415. The minimum atomic E-state index is 0.415. The largest absolute Gasteiger partial charge is 0.493 e. The SMILES string of the molecule is C=CCNC1CCOc2ccccc21. The smallest absolute Gasteiger partial charge is 0.124 e. The number of nitrogens with one attached hydrogen (secondary N) is 1. The van der Waals surface area contributed by atoms with Crippen molar-refractivity contribution in [2.45, 2.75) is 12.5 Å². The third kappa shape index (κ3) is 1.80. The maximum Gasteiger partial charge on any atom is 0.124 e. The third-order valence-corrected chi connectivity index (χ3v) is 2.47. The molecule has 2 heteroatoms. The zero-order valence-corrected chi connectivity index (χ0v) is 8.20. The Morgan fingerprint density at radius 1 is 1.50 bits per heavy atom. The number of fused-ring (bicyclic) bond motifs is 1. The van der Waals surface area contributed by atoms with E-state index in [2.05, 4.69) is 24.0 Å². The predicted octanol–water partition coefficient (Wildman–Crippen LogP) is 2.29. The van der Waals surface area contributed by atoms with Crippen molar-refractivity contribution in [3.63, 3.8) is 0 Å². The van der Waals surface area contributed by atoms with Crippen molar-refractivity contribution < 1.29 is 4.74 Å². The fourth-order valence-corrected chi connectivity index (χ4v) is 1.78. The molecule has 14 heavy (non-hydrogen) atoms. The lowest BCUT2D eigenvalue weighted by molar-refractivity contribution is 0.255. The van der Waals surface area contributed by atoms with E-state index in [1.807, 2.05) is 18.2 Å². The van der Waals surface area contributed by atoms with Crippen LogP contribution in [0.1, 0.15) is 18.0 Å². The highest BCUT2D eigenvalue weighted by molar-refractivity contribution is 5.37. The van der Waals surface area contributed by atoms with Crippen molar-refractivity contribution in [3.8, 4) is 5.75 Å². The Balaban J connectivity index is 2.17. The maximum atomic E-state index is 5.57. The first-order chi connectivity index (χ1) is 6.92. The molecule has 1 N–H and O–H groups in total. The van der Waals surface area contributed by atoms with Gasteiger partial charge < -0.3 is 10.1 Å². The van der Waals surface area contributed by atoms with E-state index >= 15 is 0 Å². The zero-order valence-electron chi connectivity index (χ0n) is 8.20. The van der Waals surface area contributed by atoms with Gasteiger partial charge in [-0.2, -0.15) is 0 Å². The van der Waals surface area contributed by atoms with Crippen LogP contribution in [-0.4, -0.2) is 13.2 Å². The Morgan fingerprint density at radius 2 is 2.36 bits per heavy atom. The number of benzene rings is 1. The monoisotopic (exact) mass is 189 g/mol. The Hall–Kier alpha value is -1.28. The Kier molecular flexibility index (Phi) is 2.84. The molecule has 0 saturated heterocycles. The van der Waals surface area contributed by atoms with Crippen LogP contribution in [0, 0.1) is 0 Å². The van der Waals surface area contributed by atoms with E-state index in [0.29, 0.717) is 6.04 Å². The van der Waals surface area contributed by atoms with E-state index in [1.54, 1.807) is 0 Å². The highest BCUT2D eigenvalue weighted by atomic mass is 16.5. The van der Waals surface area contributed by atoms with Crippen LogP contribution in [0.15, 0.2) is 36.9 Å². The molecule has 74 valence electrons. The van der Waals surface area contributed by atoms with Crippen molar-refractivity contribution in [2.24, 2.45) is 0 Å². The molecule has 1 unspecified atom stereocenters. The van der Waals surface area contributed by atoms with Crippen molar-refractivity contribution in [2.75, 3.05) is 13.2 Å². The molecule has 0 radical (unpaired) electrons. The number of hydrogen-bond acceptors (Lipinski definition) is 2. The molecule has 1 aliphatic heterocycles. The first kappa shape index (κ1) is 9.28. The molecular weight excluding hydrogens is 174 g/mol. The Morgan fingerprint density at radius 3 is 3.21 bits per heavy atom. The van der Waals surface area contributed by atoms with Crippen LogP contribution in [-0.2, 0) is 0 Å². The normalized spacial score (nSPS) is 19.6. The molecule has 1 aliphatic rings. The molecule has 1 aromatic carbocycles. The average molecular weight is 189 g/mol. The zero-order chi connectivity index (χ0) is 9.80. The van der Waals surface area contributed by atoms with E-state index in [0.717, 1.165) is 25.3 Å². The van der Waals surface area contributed by atoms with Crippen molar-refractivity contribution >= 4 is 0 Å². The van der Waals surface area contributed by atoms with Crippen molar-refractivity contribution in [1.82, 2.24) is 5.32 Å². The second-order valence-electron chi connectivity index (χ2n) is 3.42. The van der Waals surface area contributed by atoms with Crippen LogP contribution < -0.4 is 10.1 Å². The number of ether oxygens (including phenoxy) is 1. The standard InChI is InChI=1S/C12H15NO/c1-2-8-13-11-7-9-14-12-6-4-3-5-10(11)12/h2-6,11,13H,1,7-9H2. The minimum Gasteiger partial charge on any atom is -0.493 e. The predicted molar refractivity (Wildman–Crippen MR) is 57.5 cm³/mol. The Labute approximate surface area is 84.6 Å². The van der Waals surface area contributed by atoms with Gasteiger partial charge in [0.15, 0.2) is 0 Å². The average Bonchev–Trinajstić information content (AvgIpc) is 2.26. The molecule has 1 atom stereocenters. The van der Waals surface area contributed by atoms with E-state index in [4.69, 9.17) is 4.74 Å². The molecule has 0 saturated carbocycles. The molecule has 0 aromatic heterocycles. The van der Waals surface area contributed by atoms with Crippen molar-refractivity contribution in [3.05, 3.63) is 42.5 Å². The van der Waals surface area contributed by atoms with Gasteiger partial charge in [0, 0.05) is 24.6 Å². The van der Waals surface area contributed by atoms with Gasteiger partial charge in [0.25, 0.3) is 0 Å². The van der Waals surface area contributed by atoms with Crippen LogP contribution in [0.25, 0.3) is 0 Å². The number of rotatable bonds is 3. The van der Waals surface area contributed by atoms with Crippen LogP contribution >= 0.6 is 0 Å². The lowest BCUT2D eigenvalue weighted by Crippen LogP contribution is -2.27. The van der Waals surface area contributed by atoms with Crippen LogP contribution in [0.5, 0.6) is 5.75 Å². The van der Waals surface area contributed by atoms with E-state index in [-0.39, 0.29) is 0 Å². The molecule has 0 spiro atoms. The number of para-hydroxylation sites is 1. The summed E-state index contributed by atoms with van der Waals surface area (Å²) in [5, 5.41) is 3.43. The molecule has 0 fully saturated rings. The van der Waals surface area contributed by atoms with Gasteiger partial charge in [0.2, 0.25) is 0 Å². The molecule has 2 nitrogen and oxygen atoms in total. The van der Waals surface area contributed by atoms with Crippen LogP contribution in [0.4, 0.5) is 0 Å². The molecule has 0 amide bonds. The van der Waals surface area contributed by atoms with Gasteiger partial charge in [-0.3, -0.25) is 0 Å². The summed E-state index contributed by atoms with van der Waals surface area (Å²) in [4.78, 5) is 0. The quantitative estimate of drug-likeness (QED) is 0.736. The lowest BCUT2D eigenvalue weighted by atomic mass is 10.0. The van der Waals surface area contributed by atoms with Gasteiger partial charge in [-0.15, -0.1) is 6.58 Å². The summed E-state index contributed by atoms with van der Waals surface area (Å²) in [7, 11) is 0. The summed E-state index contributed by atoms with van der Waals surface area (Å²) in [5.74, 6) is 1.01. The molecule has 0 aliphatic carbocycles. The van der Waals surface area contributed by atoms with E-state index in [1.165, 1.54) is 5.56 Å². The summed E-state index contributed by atoms with van der Waals surface area (Å²) in [5.41, 5.74) is 1.26. The van der Waals surface area contributed by atoms with E-state index < -0.39 is 0 Å². The summed E-state index contributed by atoms with van der Waals surface area (Å²) < 4.78 is 5.57. The summed E-state index contributed by atoms with van der Waals surface area (Å²) in [6.45, 7) is 5.35. The highest BCUT2D eigenvalue weighted by Crippen LogP contribution is 2.31. The third-order valence-electron chi connectivity index (χ3n) is 2.47. The highest BCUT2D eigenvalue weighted by Gasteiger charge is 2.19. The molecule has 2 rings (SSSR count). The van der Waals surface area contributed by atoms with Gasteiger partial charge in [0.05, 0.1) is 6.61 Å². The molecule has 0 bridgehead atoms. The fraction of sp³-hybridized carbons (Fsp3) is 0.333. The first-order valence-electron chi connectivity index (χ1n) is 4.98. The maximum absolute atomic E-state index is 5.57. The van der Waals surface area contributed by atoms with Gasteiger partial charge in [-0.1, -0.05) is 24.3 Å². The van der Waals surface area contributed by atoms with E-state index in [9.17, 15) is 0 Å². The van der Waals surface area contributed by atoms with Gasteiger partial charge >= 0.3 is 0 Å². The van der Waals surface area contributed by atoms with Crippen LogP contribution in [0.3, 0.4) is 0 Å². The second-order valence-corrected chi connectivity index (χ2v) is 3.42. The topological polar surface area (TPSA) is 21.3 Å².